The van der Waals surface area contributed by atoms with Gasteiger partial charge in [-0.15, -0.1) is 0 Å². The normalized spacial score (nSPS) is 14.3. The van der Waals surface area contributed by atoms with Gasteiger partial charge in [-0.25, -0.2) is 4.98 Å². The molecule has 0 radical (unpaired) electrons. The number of hydrogen-bond acceptors (Lipinski definition) is 3. The third kappa shape index (κ3) is 5.83. The van der Waals surface area contributed by atoms with Crippen molar-refractivity contribution in [3.05, 3.63) is 217 Å². The van der Waals surface area contributed by atoms with Crippen molar-refractivity contribution in [3.8, 4) is 33.5 Å². The molecule has 0 amide bonds. The summed E-state index contributed by atoms with van der Waals surface area (Å²) in [6.07, 6.45) is 2.30. The zero-order chi connectivity index (χ0) is 37.7. The van der Waals surface area contributed by atoms with Crippen molar-refractivity contribution >= 4 is 55.1 Å². The highest BCUT2D eigenvalue weighted by molar-refractivity contribution is 6.17. The molecule has 4 nitrogen and oxygen atoms in total. The van der Waals surface area contributed by atoms with Gasteiger partial charge in [-0.05, 0) is 47.0 Å². The number of para-hydroxylation sites is 2. The molecule has 10 aromatic rings. The van der Waals surface area contributed by atoms with Gasteiger partial charge in [-0.2, -0.15) is 4.99 Å². The highest BCUT2D eigenvalue weighted by Crippen LogP contribution is 2.40. The molecule has 0 saturated heterocycles. The molecule has 268 valence electrons. The Kier molecular flexibility index (Phi) is 7.94. The number of rotatable bonds is 6. The summed E-state index contributed by atoms with van der Waals surface area (Å²) in [6, 6.07) is 68.5. The zero-order valence-electron chi connectivity index (χ0n) is 31.0. The minimum Gasteiger partial charge on any atom is -0.455 e. The lowest BCUT2D eigenvalue weighted by Crippen LogP contribution is -2.89. The first-order valence-electron chi connectivity index (χ1n) is 19.4. The third-order valence-electron chi connectivity index (χ3n) is 11.2. The summed E-state index contributed by atoms with van der Waals surface area (Å²) in [5.41, 5.74) is 13.7. The zero-order valence-corrected chi connectivity index (χ0v) is 31.0. The number of hydrogen-bond donors (Lipinski definition) is 1. The fourth-order valence-corrected chi connectivity index (χ4v) is 8.46. The highest BCUT2D eigenvalue weighted by atomic mass is 16.3. The van der Waals surface area contributed by atoms with Gasteiger partial charge in [0.25, 0.3) is 0 Å². The van der Waals surface area contributed by atoms with Gasteiger partial charge in [0.1, 0.15) is 17.2 Å². The van der Waals surface area contributed by atoms with E-state index in [0.717, 1.165) is 83.3 Å². The van der Waals surface area contributed by atoms with E-state index in [9.17, 15) is 0 Å². The summed E-state index contributed by atoms with van der Waals surface area (Å²) in [4.78, 5) is 10.6. The predicted octanol–water partition coefficient (Wildman–Crippen LogP) is 12.4. The van der Waals surface area contributed by atoms with Crippen LogP contribution in [0.1, 0.15) is 22.7 Å². The number of aromatic nitrogens is 1. The van der Waals surface area contributed by atoms with Crippen molar-refractivity contribution in [2.24, 2.45) is 4.99 Å². The molecule has 0 spiro atoms. The van der Waals surface area contributed by atoms with Crippen LogP contribution in [-0.2, 0) is 0 Å². The molecule has 11 rings (SSSR count). The van der Waals surface area contributed by atoms with Crippen LogP contribution in [0.4, 0.5) is 0 Å². The van der Waals surface area contributed by atoms with E-state index in [4.69, 9.17) is 14.4 Å². The van der Waals surface area contributed by atoms with Crippen LogP contribution in [0, 0.1) is 0 Å². The van der Waals surface area contributed by atoms with Crippen LogP contribution >= 0.6 is 0 Å². The van der Waals surface area contributed by atoms with Crippen molar-refractivity contribution in [1.29, 1.82) is 0 Å². The van der Waals surface area contributed by atoms with Crippen molar-refractivity contribution < 1.29 is 9.73 Å². The Labute approximate surface area is 330 Å². The topological polar surface area (TPSA) is 55.0 Å². The standard InChI is InChI=1S/C53H35N3O/c1-4-14-34(15-5-1)40-21-12-24-44-50(40)45-32-39(30-31-46(45)54-51(44)37-16-6-2-7-17-37)48-33-47(55-53(56-48)38-18-8-3-9-19-38)36-28-26-35(27-29-36)41-22-13-23-43-42-20-10-11-25-49(42)57-52(41)43/h1-33,48H,(H,55,56)/p+1. The largest absolute Gasteiger partial charge is 0.455 e. The average Bonchev–Trinajstić information content (AvgIpc) is 3.68. The number of nitrogens with two attached hydrogens (primary N) is 1. The van der Waals surface area contributed by atoms with Crippen LogP contribution in [0.3, 0.4) is 0 Å². The van der Waals surface area contributed by atoms with Crippen molar-refractivity contribution in [1.82, 2.24) is 4.98 Å². The van der Waals surface area contributed by atoms with E-state index in [2.05, 4.69) is 193 Å². The lowest BCUT2D eigenvalue weighted by molar-refractivity contribution is -0.575. The molecule has 0 saturated carbocycles. The molecule has 2 aromatic heterocycles. The van der Waals surface area contributed by atoms with Crippen molar-refractivity contribution in [3.63, 3.8) is 0 Å². The molecule has 57 heavy (non-hydrogen) atoms. The van der Waals surface area contributed by atoms with E-state index in [1.54, 1.807) is 0 Å². The molecule has 2 N–H and O–H groups in total. The van der Waals surface area contributed by atoms with Crippen LogP contribution in [-0.4, -0.2) is 10.8 Å². The van der Waals surface area contributed by atoms with Gasteiger partial charge in [0.05, 0.1) is 22.5 Å². The maximum absolute atomic E-state index is 6.39. The van der Waals surface area contributed by atoms with Gasteiger partial charge < -0.3 is 4.42 Å². The molecule has 4 heteroatoms. The smallest absolute Gasteiger partial charge is 0.232 e. The lowest BCUT2D eigenvalue weighted by atomic mass is 9.91. The van der Waals surface area contributed by atoms with Crippen LogP contribution in [0.5, 0.6) is 0 Å². The minimum absolute atomic E-state index is 0.0196. The van der Waals surface area contributed by atoms with E-state index in [0.29, 0.717) is 0 Å². The Hall–Kier alpha value is -7.40. The van der Waals surface area contributed by atoms with Crippen LogP contribution in [0.2, 0.25) is 0 Å². The van der Waals surface area contributed by atoms with E-state index >= 15 is 0 Å². The van der Waals surface area contributed by atoms with Crippen LogP contribution in [0.15, 0.2) is 210 Å². The summed E-state index contributed by atoms with van der Waals surface area (Å²) in [5, 5.41) is 8.04. The van der Waals surface area contributed by atoms with Crippen LogP contribution in [0.25, 0.3) is 82.8 Å². The second-order valence-electron chi connectivity index (χ2n) is 14.7. The van der Waals surface area contributed by atoms with Crippen LogP contribution < -0.4 is 5.32 Å². The fraction of sp³-hybridized carbons (Fsp3) is 0.0189. The van der Waals surface area contributed by atoms with E-state index in [1.807, 2.05) is 12.1 Å². The monoisotopic (exact) mass is 730 g/mol. The van der Waals surface area contributed by atoms with Gasteiger partial charge in [0, 0.05) is 55.3 Å². The quantitative estimate of drug-likeness (QED) is 0.173. The Balaban J connectivity index is 1.05. The molecule has 1 atom stereocenters. The Morgan fingerprint density at radius 3 is 1.84 bits per heavy atom. The predicted molar refractivity (Wildman–Crippen MR) is 235 cm³/mol. The minimum atomic E-state index is -0.0196. The molecule has 0 fully saturated rings. The molecular formula is C53H36N3O+. The molecule has 0 aliphatic carbocycles. The van der Waals surface area contributed by atoms with E-state index in [-0.39, 0.29) is 6.04 Å². The molecule has 8 aromatic carbocycles. The first-order valence-corrected chi connectivity index (χ1v) is 19.4. The highest BCUT2D eigenvalue weighted by Gasteiger charge is 2.26. The summed E-state index contributed by atoms with van der Waals surface area (Å²) < 4.78 is 6.39. The van der Waals surface area contributed by atoms with Gasteiger partial charge >= 0.3 is 0 Å². The number of amidine groups is 1. The molecular weight excluding hydrogens is 695 g/mol. The number of furan rings is 1. The summed E-state index contributed by atoms with van der Waals surface area (Å²) in [6.45, 7) is 0. The number of pyridine rings is 1. The Morgan fingerprint density at radius 1 is 0.456 bits per heavy atom. The number of fused-ring (bicyclic) bond motifs is 6. The fourth-order valence-electron chi connectivity index (χ4n) is 8.46. The van der Waals surface area contributed by atoms with Gasteiger partial charge in [-0.3, -0.25) is 5.32 Å². The number of nitrogens with zero attached hydrogens (tertiary/aromatic N) is 2. The van der Waals surface area contributed by atoms with E-state index in [1.165, 1.54) is 22.1 Å². The summed E-state index contributed by atoms with van der Waals surface area (Å²) in [5.74, 6) is 0.960. The number of quaternary nitrogens is 1. The second-order valence-corrected chi connectivity index (χ2v) is 14.7. The Morgan fingerprint density at radius 2 is 1.07 bits per heavy atom. The lowest BCUT2D eigenvalue weighted by Gasteiger charge is -2.21. The number of benzene rings is 8. The number of aliphatic imine (C=N–C) groups is 1. The summed E-state index contributed by atoms with van der Waals surface area (Å²) in [7, 11) is 0. The van der Waals surface area contributed by atoms with Gasteiger partial charge in [0.15, 0.2) is 0 Å². The van der Waals surface area contributed by atoms with Crippen molar-refractivity contribution in [2.75, 3.05) is 0 Å². The van der Waals surface area contributed by atoms with Gasteiger partial charge in [-0.1, -0.05) is 164 Å². The Bertz CT molecular complexity index is 3180. The van der Waals surface area contributed by atoms with Gasteiger partial charge in [0.2, 0.25) is 5.84 Å². The molecule has 1 aliphatic heterocycles. The average molecular weight is 731 g/mol. The van der Waals surface area contributed by atoms with E-state index < -0.39 is 0 Å². The van der Waals surface area contributed by atoms with Crippen molar-refractivity contribution in [2.45, 2.75) is 6.04 Å². The molecule has 0 bridgehead atoms. The first kappa shape index (κ1) is 33.0. The molecule has 3 heterocycles. The summed E-state index contributed by atoms with van der Waals surface area (Å²) >= 11 is 0. The SMILES string of the molecule is C1=C(c2ccc(-c3cccc4c3oc3ccccc34)cc2)N=C(c2ccccc2)[NH2+]C1c1ccc2nc(-c3ccccc3)c3cccc(-c4ccccc4)c3c2c1. The molecule has 1 aliphatic rings. The maximum atomic E-state index is 6.39. The second kappa shape index (κ2) is 13.7. The molecule has 1 unspecified atom stereocenters. The maximum Gasteiger partial charge on any atom is 0.232 e. The first-order chi connectivity index (χ1) is 28.2. The third-order valence-corrected chi connectivity index (χ3v) is 11.2.